The Bertz CT molecular complexity index is 584. The maximum atomic E-state index is 11.7. The van der Waals surface area contributed by atoms with Gasteiger partial charge in [-0.2, -0.15) is 4.37 Å². The van der Waals surface area contributed by atoms with E-state index in [1.807, 2.05) is 24.4 Å². The van der Waals surface area contributed by atoms with Gasteiger partial charge in [0.15, 0.2) is 0 Å². The molecule has 1 saturated carbocycles. The molecule has 1 aliphatic carbocycles. The molecule has 1 heterocycles. The largest absolute Gasteiger partial charge is 0.481 e. The van der Waals surface area contributed by atoms with Crippen LogP contribution >= 0.6 is 11.5 Å². The number of rotatable bonds is 2. The van der Waals surface area contributed by atoms with Gasteiger partial charge in [0.1, 0.15) is 0 Å². The Morgan fingerprint density at radius 2 is 2.06 bits per heavy atom. The molecule has 1 aromatic carbocycles. The predicted octanol–water partition coefficient (Wildman–Crippen LogP) is 3.58. The van der Waals surface area contributed by atoms with Crippen molar-refractivity contribution < 1.29 is 9.90 Å². The molecule has 0 radical (unpaired) electrons. The van der Waals surface area contributed by atoms with Crippen molar-refractivity contribution in [3.8, 4) is 0 Å². The summed E-state index contributed by atoms with van der Waals surface area (Å²) in [6, 6.07) is 5.98. The SMILES string of the molecule is O=C(O)C1(c2ccc3cnsc3c2)CCCCC1. The van der Waals surface area contributed by atoms with Gasteiger partial charge >= 0.3 is 5.97 Å². The van der Waals surface area contributed by atoms with E-state index < -0.39 is 11.4 Å². The molecule has 0 spiro atoms. The standard InChI is InChI=1S/C14H15NO2S/c16-13(17)14(6-2-1-3-7-14)11-5-4-10-9-15-18-12(10)8-11/h4-5,8-9H,1-3,6-7H2,(H,16,17). The Hall–Kier alpha value is -1.42. The minimum atomic E-state index is -0.675. The number of carboxylic acid groups (broad SMARTS) is 1. The highest BCUT2D eigenvalue weighted by Gasteiger charge is 2.41. The Balaban J connectivity index is 2.11. The van der Waals surface area contributed by atoms with Gasteiger partial charge in [-0.1, -0.05) is 31.4 Å². The fourth-order valence-corrected chi connectivity index (χ4v) is 3.62. The van der Waals surface area contributed by atoms with Gasteiger partial charge < -0.3 is 5.11 Å². The molecular weight excluding hydrogens is 246 g/mol. The molecule has 0 saturated heterocycles. The van der Waals surface area contributed by atoms with Crippen LogP contribution in [0.2, 0.25) is 0 Å². The van der Waals surface area contributed by atoms with Gasteiger partial charge in [-0.3, -0.25) is 4.79 Å². The van der Waals surface area contributed by atoms with Crippen LogP contribution < -0.4 is 0 Å². The average molecular weight is 261 g/mol. The van der Waals surface area contributed by atoms with Crippen molar-refractivity contribution in [2.75, 3.05) is 0 Å². The van der Waals surface area contributed by atoms with Crippen LogP contribution in [0.1, 0.15) is 37.7 Å². The van der Waals surface area contributed by atoms with Crippen molar-refractivity contribution in [3.63, 3.8) is 0 Å². The molecule has 2 aromatic rings. The normalized spacial score (nSPS) is 18.9. The lowest BCUT2D eigenvalue weighted by Crippen LogP contribution is -2.37. The van der Waals surface area contributed by atoms with Crippen molar-refractivity contribution in [1.82, 2.24) is 4.37 Å². The fraction of sp³-hybridized carbons (Fsp3) is 0.429. The van der Waals surface area contributed by atoms with Gasteiger partial charge in [0.2, 0.25) is 0 Å². The van der Waals surface area contributed by atoms with Crippen molar-refractivity contribution >= 4 is 27.6 Å². The van der Waals surface area contributed by atoms with E-state index >= 15 is 0 Å². The van der Waals surface area contributed by atoms with Crippen LogP contribution in [-0.2, 0) is 10.2 Å². The highest BCUT2D eigenvalue weighted by molar-refractivity contribution is 7.13. The van der Waals surface area contributed by atoms with E-state index in [0.29, 0.717) is 0 Å². The third-order valence-corrected chi connectivity index (χ3v) is 4.79. The highest BCUT2D eigenvalue weighted by Crippen LogP contribution is 2.40. The Labute approximate surface area is 110 Å². The number of hydrogen-bond acceptors (Lipinski definition) is 3. The molecule has 1 N–H and O–H groups in total. The zero-order chi connectivity index (χ0) is 12.6. The zero-order valence-corrected chi connectivity index (χ0v) is 10.9. The number of aromatic nitrogens is 1. The van der Waals surface area contributed by atoms with E-state index in [0.717, 1.165) is 47.8 Å². The summed E-state index contributed by atoms with van der Waals surface area (Å²) in [7, 11) is 0. The molecule has 0 aliphatic heterocycles. The molecule has 3 rings (SSSR count). The monoisotopic (exact) mass is 261 g/mol. The first-order valence-corrected chi connectivity index (χ1v) is 7.08. The summed E-state index contributed by atoms with van der Waals surface area (Å²) in [5.41, 5.74) is 0.280. The van der Waals surface area contributed by atoms with Gasteiger partial charge in [0, 0.05) is 11.6 Å². The summed E-state index contributed by atoms with van der Waals surface area (Å²) in [5, 5.41) is 10.7. The highest BCUT2D eigenvalue weighted by atomic mass is 32.1. The molecule has 0 atom stereocenters. The Morgan fingerprint density at radius 3 is 2.78 bits per heavy atom. The van der Waals surface area contributed by atoms with Crippen LogP contribution in [0.3, 0.4) is 0 Å². The lowest BCUT2D eigenvalue weighted by atomic mass is 9.69. The predicted molar refractivity (Wildman–Crippen MR) is 72.0 cm³/mol. The van der Waals surface area contributed by atoms with E-state index in [1.54, 1.807) is 0 Å². The smallest absolute Gasteiger partial charge is 0.314 e. The van der Waals surface area contributed by atoms with Crippen molar-refractivity contribution in [1.29, 1.82) is 0 Å². The van der Waals surface area contributed by atoms with Crippen LogP contribution in [-0.4, -0.2) is 15.4 Å². The van der Waals surface area contributed by atoms with Crippen LogP contribution in [0.5, 0.6) is 0 Å². The third-order valence-electron chi connectivity index (χ3n) is 4.03. The van der Waals surface area contributed by atoms with E-state index in [9.17, 15) is 9.90 Å². The molecular formula is C14H15NO2S. The second-order valence-electron chi connectivity index (χ2n) is 5.03. The van der Waals surface area contributed by atoms with E-state index in [4.69, 9.17) is 0 Å². The molecule has 3 nitrogen and oxygen atoms in total. The lowest BCUT2D eigenvalue weighted by molar-refractivity contribution is -0.145. The maximum absolute atomic E-state index is 11.7. The average Bonchev–Trinajstić information content (AvgIpc) is 2.86. The van der Waals surface area contributed by atoms with Gasteiger partial charge in [-0.25, -0.2) is 0 Å². The molecule has 18 heavy (non-hydrogen) atoms. The summed E-state index contributed by atoms with van der Waals surface area (Å²) in [4.78, 5) is 11.7. The van der Waals surface area contributed by atoms with Crippen LogP contribution in [0, 0.1) is 0 Å². The first-order valence-electron chi connectivity index (χ1n) is 6.31. The summed E-state index contributed by atoms with van der Waals surface area (Å²) >= 11 is 1.43. The van der Waals surface area contributed by atoms with Gasteiger partial charge in [0.05, 0.1) is 10.1 Å². The Kier molecular flexibility index (Phi) is 2.82. The molecule has 0 unspecified atom stereocenters. The topological polar surface area (TPSA) is 50.2 Å². The molecule has 0 amide bonds. The molecule has 1 fully saturated rings. The van der Waals surface area contributed by atoms with Gasteiger partial charge in [-0.05, 0) is 36.0 Å². The van der Waals surface area contributed by atoms with Gasteiger partial charge in [-0.15, -0.1) is 0 Å². The fourth-order valence-electron chi connectivity index (χ4n) is 2.94. The summed E-state index contributed by atoms with van der Waals surface area (Å²) in [6.45, 7) is 0. The van der Waals surface area contributed by atoms with E-state index in [-0.39, 0.29) is 0 Å². The van der Waals surface area contributed by atoms with Crippen molar-refractivity contribution in [3.05, 3.63) is 30.0 Å². The first-order chi connectivity index (χ1) is 8.72. The number of fused-ring (bicyclic) bond motifs is 1. The summed E-state index contributed by atoms with van der Waals surface area (Å²) in [5.74, 6) is -0.675. The van der Waals surface area contributed by atoms with Crippen molar-refractivity contribution in [2.45, 2.75) is 37.5 Å². The van der Waals surface area contributed by atoms with Crippen LogP contribution in [0.15, 0.2) is 24.4 Å². The molecule has 4 heteroatoms. The number of carbonyl (C=O) groups is 1. The number of aliphatic carboxylic acids is 1. The number of carboxylic acids is 1. The molecule has 0 bridgehead atoms. The first kappa shape index (κ1) is 11.7. The van der Waals surface area contributed by atoms with Crippen molar-refractivity contribution in [2.24, 2.45) is 0 Å². The minimum absolute atomic E-state index is 0.670. The Morgan fingerprint density at radius 1 is 1.28 bits per heavy atom. The second-order valence-corrected chi connectivity index (χ2v) is 5.86. The van der Waals surface area contributed by atoms with Crippen LogP contribution in [0.4, 0.5) is 0 Å². The van der Waals surface area contributed by atoms with Gasteiger partial charge in [0.25, 0.3) is 0 Å². The molecule has 1 aliphatic rings. The quantitative estimate of drug-likeness (QED) is 0.898. The minimum Gasteiger partial charge on any atom is -0.481 e. The lowest BCUT2D eigenvalue weighted by Gasteiger charge is -2.33. The molecule has 94 valence electrons. The number of benzene rings is 1. The number of hydrogen-bond donors (Lipinski definition) is 1. The summed E-state index contributed by atoms with van der Waals surface area (Å²) in [6.07, 6.45) is 6.51. The summed E-state index contributed by atoms with van der Waals surface area (Å²) < 4.78 is 5.23. The van der Waals surface area contributed by atoms with E-state index in [1.165, 1.54) is 11.5 Å². The van der Waals surface area contributed by atoms with E-state index in [2.05, 4.69) is 4.37 Å². The molecule has 1 aromatic heterocycles. The zero-order valence-electron chi connectivity index (χ0n) is 10.1. The number of nitrogens with zero attached hydrogens (tertiary/aromatic N) is 1. The maximum Gasteiger partial charge on any atom is 0.314 e. The third kappa shape index (κ3) is 1.72. The van der Waals surface area contributed by atoms with Crippen LogP contribution in [0.25, 0.3) is 10.1 Å². The second kappa shape index (κ2) is 4.35.